The van der Waals surface area contributed by atoms with Crippen LogP contribution in [0.25, 0.3) is 0 Å². The van der Waals surface area contributed by atoms with Crippen LogP contribution in [0.15, 0.2) is 0 Å². The predicted octanol–water partition coefficient (Wildman–Crippen LogP) is 3.17. The summed E-state index contributed by atoms with van der Waals surface area (Å²) in [5.41, 5.74) is 5.06. The fourth-order valence-electron chi connectivity index (χ4n) is 3.46. The molecule has 34 heavy (non-hydrogen) atoms. The van der Waals surface area contributed by atoms with Crippen molar-refractivity contribution in [2.75, 3.05) is 23.7 Å². The Morgan fingerprint density at radius 3 is 2.18 bits per heavy atom. The first-order valence-corrected chi connectivity index (χ1v) is 14.3. The average molecular weight is 614 g/mol. The Bertz CT molecular complexity index is 620. The van der Waals surface area contributed by atoms with E-state index in [9.17, 15) is 19.2 Å². The van der Waals surface area contributed by atoms with Gasteiger partial charge in [0.05, 0.1) is 24.8 Å². The number of unbranched alkanes of at least 4 members (excludes halogenated alkanes) is 1. The summed E-state index contributed by atoms with van der Waals surface area (Å²) >= 11 is 6.83. The molecule has 0 fully saturated rings. The molecule has 0 saturated carbocycles. The van der Waals surface area contributed by atoms with E-state index in [1.165, 1.54) is 0 Å². The van der Waals surface area contributed by atoms with Gasteiger partial charge in [-0.25, -0.2) is 4.79 Å². The topological polar surface area (TPSA) is 140 Å². The van der Waals surface area contributed by atoms with Gasteiger partial charge in [-0.2, -0.15) is 0 Å². The maximum Gasteiger partial charge on any atom is 0.312 e. The van der Waals surface area contributed by atoms with Crippen LogP contribution < -0.4 is 21.7 Å². The van der Waals surface area contributed by atoms with Gasteiger partial charge in [-0.15, -0.1) is 0 Å². The van der Waals surface area contributed by atoms with Gasteiger partial charge in [0.1, 0.15) is 0 Å². The molecule has 0 heterocycles. The molecule has 0 rings (SSSR count). The van der Waals surface area contributed by atoms with E-state index in [4.69, 9.17) is 10.5 Å². The Kier molecular flexibility index (Phi) is 19.3. The van der Waals surface area contributed by atoms with Crippen molar-refractivity contribution in [2.24, 2.45) is 11.7 Å². The van der Waals surface area contributed by atoms with Crippen molar-refractivity contribution in [3.63, 3.8) is 0 Å². The number of Topliss-reactive ketones (excluding diaryl/α,β-unsaturated/α-hetero) is 1. The first kappa shape index (κ1) is 32.8. The lowest BCUT2D eigenvalue weighted by Crippen LogP contribution is -2.47. The molecule has 3 atom stereocenters. The number of nitrogens with two attached hydrogens (primary N) is 1. The van der Waals surface area contributed by atoms with Crippen molar-refractivity contribution in [1.82, 2.24) is 16.0 Å². The number of rotatable bonds is 20. The lowest BCUT2D eigenvalue weighted by molar-refractivity contribution is -0.130. The minimum absolute atomic E-state index is 0.0426. The first-order chi connectivity index (χ1) is 16.1. The van der Waals surface area contributed by atoms with Gasteiger partial charge in [-0.1, -0.05) is 58.5 Å². The van der Waals surface area contributed by atoms with E-state index in [0.717, 1.165) is 36.3 Å². The molecule has 0 aromatic carbocycles. The third-order valence-electron chi connectivity index (χ3n) is 5.33. The summed E-state index contributed by atoms with van der Waals surface area (Å²) < 4.78 is 5.87. The van der Waals surface area contributed by atoms with Crippen LogP contribution in [-0.2, 0) is 19.1 Å². The number of urea groups is 1. The van der Waals surface area contributed by atoms with E-state index in [0.29, 0.717) is 32.2 Å². The second-order valence-electron chi connectivity index (χ2n) is 8.55. The predicted molar refractivity (Wildman–Crippen MR) is 141 cm³/mol. The summed E-state index contributed by atoms with van der Waals surface area (Å²) in [4.78, 5) is 48.0. The highest BCUT2D eigenvalue weighted by atomic mass is 79.9. The number of hydrogen-bond donors (Lipinski definition) is 4. The Labute approximate surface area is 220 Å². The van der Waals surface area contributed by atoms with E-state index >= 15 is 0 Å². The number of ketones is 1. The van der Waals surface area contributed by atoms with Crippen LogP contribution in [0, 0.1) is 5.92 Å². The molecule has 9 nitrogen and oxygen atoms in total. The van der Waals surface area contributed by atoms with Crippen molar-refractivity contribution in [2.45, 2.75) is 90.4 Å². The highest BCUT2D eigenvalue weighted by Gasteiger charge is 2.24. The number of amides is 4. The number of carbonyl (C=O) groups excluding carboxylic acids is 4. The Hall–Kier alpha value is -1.20. The number of halogens is 2. The number of primary amides is 1. The molecule has 4 amide bonds. The van der Waals surface area contributed by atoms with Gasteiger partial charge in [0.25, 0.3) is 0 Å². The Morgan fingerprint density at radius 2 is 1.59 bits per heavy atom. The molecule has 0 aliphatic carbocycles. The molecule has 2 unspecified atom stereocenters. The third-order valence-corrected chi connectivity index (χ3v) is 6.78. The molecule has 0 radical (unpaired) electrons. The number of hydrogen-bond acceptors (Lipinski definition) is 5. The molecule has 0 saturated heterocycles. The lowest BCUT2D eigenvalue weighted by atomic mass is 9.93. The van der Waals surface area contributed by atoms with Crippen LogP contribution in [0.2, 0.25) is 0 Å². The van der Waals surface area contributed by atoms with Crippen LogP contribution in [0.1, 0.15) is 72.1 Å². The van der Waals surface area contributed by atoms with Crippen molar-refractivity contribution in [1.29, 1.82) is 0 Å². The zero-order valence-corrected chi connectivity index (χ0v) is 23.8. The highest BCUT2D eigenvalue weighted by molar-refractivity contribution is 9.09. The molecule has 0 aromatic heterocycles. The summed E-state index contributed by atoms with van der Waals surface area (Å²) in [5.74, 6) is -0.829. The fourth-order valence-corrected chi connectivity index (χ4v) is 4.84. The molecule has 198 valence electrons. The fraction of sp³-hybridized carbons (Fsp3) is 0.826. The Balaban J connectivity index is 4.39. The SMILES string of the molecule is CCCC(C)C(=O)[C@H](CCCNC(N)=O)NC(=O)CNC(=O)CCCCC(C)OC(CBr)CBr. The van der Waals surface area contributed by atoms with Crippen LogP contribution in [0.3, 0.4) is 0 Å². The van der Waals surface area contributed by atoms with E-state index in [1.54, 1.807) is 0 Å². The average Bonchev–Trinajstić information content (AvgIpc) is 2.80. The summed E-state index contributed by atoms with van der Waals surface area (Å²) in [5, 5.41) is 9.37. The van der Waals surface area contributed by atoms with Gasteiger partial charge in [-0.05, 0) is 39.0 Å². The van der Waals surface area contributed by atoms with Crippen LogP contribution in [-0.4, -0.2) is 65.6 Å². The molecule has 0 spiro atoms. The van der Waals surface area contributed by atoms with E-state index in [1.807, 2.05) is 20.8 Å². The van der Waals surface area contributed by atoms with Gasteiger partial charge >= 0.3 is 6.03 Å². The summed E-state index contributed by atoms with van der Waals surface area (Å²) in [6, 6.07) is -1.29. The monoisotopic (exact) mass is 612 g/mol. The van der Waals surface area contributed by atoms with Gasteiger partial charge in [0.15, 0.2) is 5.78 Å². The summed E-state index contributed by atoms with van der Waals surface area (Å²) in [6.45, 7) is 6.01. The normalized spacial score (nSPS) is 13.7. The van der Waals surface area contributed by atoms with Gasteiger partial charge < -0.3 is 26.4 Å². The van der Waals surface area contributed by atoms with Crippen molar-refractivity contribution in [3.8, 4) is 0 Å². The Morgan fingerprint density at radius 1 is 0.912 bits per heavy atom. The maximum absolute atomic E-state index is 12.7. The molecular formula is C23H42Br2N4O5. The van der Waals surface area contributed by atoms with Crippen LogP contribution in [0.4, 0.5) is 4.79 Å². The second-order valence-corrected chi connectivity index (χ2v) is 9.84. The first-order valence-electron chi connectivity index (χ1n) is 12.0. The van der Waals surface area contributed by atoms with Crippen LogP contribution in [0.5, 0.6) is 0 Å². The van der Waals surface area contributed by atoms with Crippen LogP contribution >= 0.6 is 31.9 Å². The van der Waals surface area contributed by atoms with Crippen molar-refractivity contribution < 1.29 is 23.9 Å². The smallest absolute Gasteiger partial charge is 0.312 e. The molecule has 11 heteroatoms. The maximum atomic E-state index is 12.7. The van der Waals surface area contributed by atoms with Gasteiger partial charge in [0.2, 0.25) is 11.8 Å². The standard InChI is InChI=1S/C23H42Br2N4O5/c1-4-8-16(2)22(32)19(10-7-12-27-23(26)33)29-21(31)15-28-20(30)11-6-5-9-17(3)34-18(13-24)14-25/h16-19H,4-15H2,1-3H3,(H,28,30)(H,29,31)(H3,26,27,33)/t16?,17?,19-/m0/s1. The molecule has 0 aliphatic rings. The zero-order chi connectivity index (χ0) is 25.9. The molecule has 0 aromatic rings. The molecule has 0 bridgehead atoms. The van der Waals surface area contributed by atoms with E-state index in [-0.39, 0.29) is 36.4 Å². The number of alkyl halides is 2. The molecular weight excluding hydrogens is 572 g/mol. The quantitative estimate of drug-likeness (QED) is 0.123. The zero-order valence-electron chi connectivity index (χ0n) is 20.7. The lowest BCUT2D eigenvalue weighted by Gasteiger charge is -2.21. The van der Waals surface area contributed by atoms with Crippen molar-refractivity contribution in [3.05, 3.63) is 0 Å². The van der Waals surface area contributed by atoms with Gasteiger partial charge in [-0.3, -0.25) is 14.4 Å². The largest absolute Gasteiger partial charge is 0.374 e. The number of carbonyl (C=O) groups is 4. The minimum Gasteiger partial charge on any atom is -0.374 e. The van der Waals surface area contributed by atoms with E-state index in [2.05, 4.69) is 47.8 Å². The number of ether oxygens (including phenoxy) is 1. The van der Waals surface area contributed by atoms with Gasteiger partial charge in [0, 0.05) is 29.5 Å². The van der Waals surface area contributed by atoms with Crippen molar-refractivity contribution >= 4 is 55.5 Å². The summed E-state index contributed by atoms with van der Waals surface area (Å²) in [6.07, 6.45) is 5.46. The highest BCUT2D eigenvalue weighted by Crippen LogP contribution is 2.13. The minimum atomic E-state index is -0.662. The molecule has 0 aliphatic heterocycles. The second kappa shape index (κ2) is 20.0. The number of nitrogens with one attached hydrogen (secondary N) is 3. The third kappa shape index (κ3) is 16.4. The molecule has 5 N–H and O–H groups in total. The van der Waals surface area contributed by atoms with E-state index < -0.39 is 18.0 Å². The summed E-state index contributed by atoms with van der Waals surface area (Å²) in [7, 11) is 0.